The number of amides is 1. The second kappa shape index (κ2) is 5.61. The lowest BCUT2D eigenvalue weighted by Crippen LogP contribution is -2.38. The van der Waals surface area contributed by atoms with Crippen LogP contribution >= 0.6 is 11.3 Å². The number of hydrogen-bond acceptors (Lipinski definition) is 4. The van der Waals surface area contributed by atoms with E-state index in [0.717, 1.165) is 17.7 Å². The van der Waals surface area contributed by atoms with Crippen molar-refractivity contribution >= 4 is 33.0 Å². The molecule has 1 amide bonds. The molecule has 6 heteroatoms. The molecule has 1 fully saturated rings. The summed E-state index contributed by atoms with van der Waals surface area (Å²) in [5.41, 5.74) is 6.35. The molecule has 0 aliphatic carbocycles. The van der Waals surface area contributed by atoms with Gasteiger partial charge in [-0.2, -0.15) is 0 Å². The van der Waals surface area contributed by atoms with Crippen LogP contribution in [0.5, 0.6) is 0 Å². The van der Waals surface area contributed by atoms with Crippen molar-refractivity contribution in [1.82, 2.24) is 5.32 Å². The number of halogens is 1. The lowest BCUT2D eigenvalue weighted by molar-refractivity contribution is 0.0927. The third-order valence-electron chi connectivity index (χ3n) is 3.93. The molecule has 2 heterocycles. The highest BCUT2D eigenvalue weighted by molar-refractivity contribution is 7.21. The van der Waals surface area contributed by atoms with Crippen molar-refractivity contribution in [2.24, 2.45) is 5.92 Å². The molecule has 2 aromatic rings. The van der Waals surface area contributed by atoms with Gasteiger partial charge >= 0.3 is 0 Å². The smallest absolute Gasteiger partial charge is 0.263 e. The number of nitrogens with two attached hydrogens (primary N) is 1. The zero-order valence-electron chi connectivity index (χ0n) is 11.7. The molecule has 0 radical (unpaired) electrons. The average Bonchev–Trinajstić information content (AvgIpc) is 3.08. The number of nitrogen functional groups attached to an aromatic ring is 1. The third-order valence-corrected chi connectivity index (χ3v) is 5.11. The second-order valence-electron chi connectivity index (χ2n) is 5.37. The average molecular weight is 308 g/mol. The molecular formula is C15H17FN2O2S. The van der Waals surface area contributed by atoms with Crippen molar-refractivity contribution in [3.05, 3.63) is 28.9 Å². The van der Waals surface area contributed by atoms with E-state index in [2.05, 4.69) is 5.32 Å². The van der Waals surface area contributed by atoms with E-state index < -0.39 is 0 Å². The van der Waals surface area contributed by atoms with E-state index in [9.17, 15) is 9.18 Å². The fourth-order valence-electron chi connectivity index (χ4n) is 2.59. The number of nitrogens with one attached hydrogen (secondary N) is 1. The Hall–Kier alpha value is -1.66. The van der Waals surface area contributed by atoms with Crippen LogP contribution in [0, 0.1) is 11.7 Å². The van der Waals surface area contributed by atoms with E-state index in [1.807, 2.05) is 6.92 Å². The SMILES string of the molecule is CC(NC(=O)c1sc2ccc(F)cc2c1N)C1CCOC1. The molecule has 3 N–H and O–H groups in total. The Morgan fingerprint density at radius 3 is 3.10 bits per heavy atom. The van der Waals surface area contributed by atoms with Crippen LogP contribution in [0.1, 0.15) is 23.0 Å². The number of anilines is 1. The summed E-state index contributed by atoms with van der Waals surface area (Å²) in [5, 5.41) is 3.57. The molecular weight excluding hydrogens is 291 g/mol. The molecule has 0 saturated carbocycles. The van der Waals surface area contributed by atoms with Gasteiger partial charge in [0, 0.05) is 28.7 Å². The van der Waals surface area contributed by atoms with Crippen LogP contribution < -0.4 is 11.1 Å². The molecule has 3 rings (SSSR count). The summed E-state index contributed by atoms with van der Waals surface area (Å²) in [7, 11) is 0. The van der Waals surface area contributed by atoms with E-state index in [1.165, 1.54) is 23.5 Å². The predicted octanol–water partition coefficient (Wildman–Crippen LogP) is 2.78. The minimum atomic E-state index is -0.351. The molecule has 1 aliphatic rings. The van der Waals surface area contributed by atoms with Crippen LogP contribution in [-0.4, -0.2) is 25.2 Å². The van der Waals surface area contributed by atoms with Gasteiger partial charge in [0.1, 0.15) is 10.7 Å². The number of benzene rings is 1. The van der Waals surface area contributed by atoms with Gasteiger partial charge in [0.2, 0.25) is 0 Å². The first kappa shape index (κ1) is 14.3. The summed E-state index contributed by atoms with van der Waals surface area (Å²) in [6, 6.07) is 4.42. The lowest BCUT2D eigenvalue weighted by Gasteiger charge is -2.18. The van der Waals surface area contributed by atoms with E-state index in [-0.39, 0.29) is 17.8 Å². The van der Waals surface area contributed by atoms with E-state index in [4.69, 9.17) is 10.5 Å². The second-order valence-corrected chi connectivity index (χ2v) is 6.42. The van der Waals surface area contributed by atoms with E-state index in [0.29, 0.717) is 28.5 Å². The molecule has 1 saturated heterocycles. The van der Waals surface area contributed by atoms with Crippen LogP contribution in [0.4, 0.5) is 10.1 Å². The minimum absolute atomic E-state index is 0.0290. The summed E-state index contributed by atoms with van der Waals surface area (Å²) in [6.45, 7) is 3.39. The van der Waals surface area contributed by atoms with Crippen LogP contribution in [-0.2, 0) is 4.74 Å². The summed E-state index contributed by atoms with van der Waals surface area (Å²) >= 11 is 1.29. The zero-order chi connectivity index (χ0) is 15.0. The number of rotatable bonds is 3. The van der Waals surface area contributed by atoms with Crippen LogP contribution in [0.2, 0.25) is 0 Å². The number of carbonyl (C=O) groups excluding carboxylic acids is 1. The molecule has 0 spiro atoms. The van der Waals surface area contributed by atoms with Gasteiger partial charge < -0.3 is 15.8 Å². The van der Waals surface area contributed by atoms with E-state index >= 15 is 0 Å². The molecule has 1 aromatic carbocycles. The van der Waals surface area contributed by atoms with Gasteiger partial charge in [-0.3, -0.25) is 4.79 Å². The zero-order valence-corrected chi connectivity index (χ0v) is 12.5. The maximum Gasteiger partial charge on any atom is 0.263 e. The van der Waals surface area contributed by atoms with Crippen LogP contribution in [0.15, 0.2) is 18.2 Å². The first-order chi connectivity index (χ1) is 10.1. The van der Waals surface area contributed by atoms with Gasteiger partial charge in [-0.1, -0.05) is 0 Å². The number of ether oxygens (including phenoxy) is 1. The van der Waals surface area contributed by atoms with Gasteiger partial charge in [0.05, 0.1) is 12.3 Å². The standard InChI is InChI=1S/C15H17FN2O2S/c1-8(9-4-5-20-7-9)18-15(19)14-13(17)11-6-10(16)2-3-12(11)21-14/h2-3,6,8-9H,4-5,7,17H2,1H3,(H,18,19). The Bertz CT molecular complexity index is 680. The van der Waals surface area contributed by atoms with Crippen molar-refractivity contribution in [2.45, 2.75) is 19.4 Å². The summed E-state index contributed by atoms with van der Waals surface area (Å²) in [4.78, 5) is 12.8. The topological polar surface area (TPSA) is 64.4 Å². The molecule has 2 atom stereocenters. The number of hydrogen-bond donors (Lipinski definition) is 2. The van der Waals surface area contributed by atoms with Crippen LogP contribution in [0.25, 0.3) is 10.1 Å². The molecule has 21 heavy (non-hydrogen) atoms. The highest BCUT2D eigenvalue weighted by Gasteiger charge is 2.25. The van der Waals surface area contributed by atoms with Gasteiger partial charge in [-0.05, 0) is 31.5 Å². The quantitative estimate of drug-likeness (QED) is 0.916. The number of carbonyl (C=O) groups is 1. The number of fused-ring (bicyclic) bond motifs is 1. The Labute approximate surface area is 126 Å². The molecule has 1 aromatic heterocycles. The van der Waals surface area contributed by atoms with Crippen molar-refractivity contribution in [3.8, 4) is 0 Å². The summed E-state index contributed by atoms with van der Waals surface area (Å²) < 4.78 is 19.4. The molecule has 4 nitrogen and oxygen atoms in total. The highest BCUT2D eigenvalue weighted by atomic mass is 32.1. The van der Waals surface area contributed by atoms with E-state index in [1.54, 1.807) is 6.07 Å². The Balaban J connectivity index is 1.82. The predicted molar refractivity (Wildman–Crippen MR) is 82.0 cm³/mol. The fraction of sp³-hybridized carbons (Fsp3) is 0.400. The van der Waals surface area contributed by atoms with Crippen molar-refractivity contribution in [1.29, 1.82) is 0 Å². The summed E-state index contributed by atoms with van der Waals surface area (Å²) in [5.74, 6) is -0.217. The number of thiophene rings is 1. The Morgan fingerprint density at radius 2 is 2.38 bits per heavy atom. The van der Waals surface area contributed by atoms with Crippen LogP contribution in [0.3, 0.4) is 0 Å². The highest BCUT2D eigenvalue weighted by Crippen LogP contribution is 2.34. The first-order valence-corrected chi connectivity index (χ1v) is 7.74. The van der Waals surface area contributed by atoms with Crippen molar-refractivity contribution in [2.75, 3.05) is 18.9 Å². The maximum atomic E-state index is 13.3. The van der Waals surface area contributed by atoms with Gasteiger partial charge in [0.15, 0.2) is 0 Å². The normalized spacial score (nSPS) is 19.8. The maximum absolute atomic E-state index is 13.3. The molecule has 1 aliphatic heterocycles. The third kappa shape index (κ3) is 2.73. The molecule has 0 bridgehead atoms. The molecule has 2 unspecified atom stereocenters. The summed E-state index contributed by atoms with van der Waals surface area (Å²) in [6.07, 6.45) is 0.953. The van der Waals surface area contributed by atoms with Gasteiger partial charge in [-0.25, -0.2) is 4.39 Å². The van der Waals surface area contributed by atoms with Gasteiger partial charge in [0.25, 0.3) is 5.91 Å². The Morgan fingerprint density at radius 1 is 1.57 bits per heavy atom. The van der Waals surface area contributed by atoms with Gasteiger partial charge in [-0.15, -0.1) is 11.3 Å². The first-order valence-electron chi connectivity index (χ1n) is 6.92. The monoisotopic (exact) mass is 308 g/mol. The van der Waals surface area contributed by atoms with Crippen molar-refractivity contribution < 1.29 is 13.9 Å². The lowest BCUT2D eigenvalue weighted by atomic mass is 10.0. The fourth-order valence-corrected chi connectivity index (χ4v) is 3.60. The van der Waals surface area contributed by atoms with Crippen molar-refractivity contribution in [3.63, 3.8) is 0 Å². The minimum Gasteiger partial charge on any atom is -0.397 e. The Kier molecular flexibility index (Phi) is 3.82. The molecule has 112 valence electrons. The largest absolute Gasteiger partial charge is 0.397 e.